The topological polar surface area (TPSA) is 71.5 Å². The number of hydrogen-bond donors (Lipinski definition) is 2. The number of benzene rings is 3. The normalized spacial score (nSPS) is 11.2. The van der Waals surface area contributed by atoms with Crippen molar-refractivity contribution in [1.29, 1.82) is 0 Å². The van der Waals surface area contributed by atoms with E-state index in [9.17, 15) is 0 Å². The molecule has 31 heavy (non-hydrogen) atoms. The molecule has 4 aromatic rings. The van der Waals surface area contributed by atoms with Crippen LogP contribution in [0.4, 0.5) is 5.95 Å². The number of hydrogen-bond acceptors (Lipinski definition) is 5. The van der Waals surface area contributed by atoms with Crippen molar-refractivity contribution in [1.82, 2.24) is 9.97 Å². The number of nitrogens with one attached hydrogen (secondary N) is 2. The van der Waals surface area contributed by atoms with Gasteiger partial charge in [-0.25, -0.2) is 10.4 Å². The molecule has 0 unspecified atom stereocenters. The first-order valence-corrected chi connectivity index (χ1v) is 10.5. The predicted molar refractivity (Wildman–Crippen MR) is 126 cm³/mol. The highest BCUT2D eigenvalue weighted by atomic mass is 35.5. The zero-order valence-electron chi connectivity index (χ0n) is 16.7. The maximum Gasteiger partial charge on any atom is 0.222 e. The lowest BCUT2D eigenvalue weighted by Crippen LogP contribution is -2.01. The molecule has 0 atom stereocenters. The Morgan fingerprint density at radius 3 is 2.65 bits per heavy atom. The number of halogens is 2. The molecule has 4 rings (SSSR count). The first kappa shape index (κ1) is 21.0. The Hall–Kier alpha value is -3.22. The van der Waals surface area contributed by atoms with Crippen LogP contribution in [0.5, 0.6) is 11.5 Å². The Balaban J connectivity index is 1.48. The summed E-state index contributed by atoms with van der Waals surface area (Å²) in [6, 6.07) is 18.8. The van der Waals surface area contributed by atoms with E-state index >= 15 is 0 Å². The van der Waals surface area contributed by atoms with E-state index in [1.54, 1.807) is 12.3 Å². The largest absolute Gasteiger partial charge is 0.490 e. The lowest BCUT2D eigenvalue weighted by Gasteiger charge is -2.14. The first-order valence-electron chi connectivity index (χ1n) is 9.70. The summed E-state index contributed by atoms with van der Waals surface area (Å²) < 4.78 is 11.7. The summed E-state index contributed by atoms with van der Waals surface area (Å²) >= 11 is 12.4. The average molecular weight is 455 g/mol. The van der Waals surface area contributed by atoms with Crippen LogP contribution in [0.1, 0.15) is 18.1 Å². The molecule has 0 spiro atoms. The second-order valence-electron chi connectivity index (χ2n) is 6.65. The fourth-order valence-corrected chi connectivity index (χ4v) is 3.37. The highest BCUT2D eigenvalue weighted by Crippen LogP contribution is 2.37. The van der Waals surface area contributed by atoms with Crippen molar-refractivity contribution in [3.05, 3.63) is 81.8 Å². The monoisotopic (exact) mass is 454 g/mol. The zero-order valence-corrected chi connectivity index (χ0v) is 18.2. The van der Waals surface area contributed by atoms with Crippen LogP contribution in [0.3, 0.4) is 0 Å². The van der Waals surface area contributed by atoms with Crippen LogP contribution in [-0.2, 0) is 6.61 Å². The van der Waals surface area contributed by atoms with Gasteiger partial charge in [-0.3, -0.25) is 0 Å². The van der Waals surface area contributed by atoms with Crippen LogP contribution < -0.4 is 14.9 Å². The molecule has 0 bridgehead atoms. The zero-order chi connectivity index (χ0) is 21.6. The molecule has 1 aromatic heterocycles. The Kier molecular flexibility index (Phi) is 6.60. The van der Waals surface area contributed by atoms with Crippen LogP contribution in [0.25, 0.3) is 11.0 Å². The van der Waals surface area contributed by atoms with E-state index in [0.717, 1.165) is 22.2 Å². The fourth-order valence-electron chi connectivity index (χ4n) is 2.98. The molecular formula is C23H20Cl2N4O2. The molecule has 0 aliphatic heterocycles. The number of para-hydroxylation sites is 2. The lowest BCUT2D eigenvalue weighted by molar-refractivity contribution is 0.269. The van der Waals surface area contributed by atoms with Crippen molar-refractivity contribution in [3.8, 4) is 11.5 Å². The minimum atomic E-state index is 0.345. The Labute approximate surface area is 189 Å². The number of H-pyrrole nitrogens is 1. The molecule has 8 heteroatoms. The van der Waals surface area contributed by atoms with Gasteiger partial charge in [-0.2, -0.15) is 5.10 Å². The average Bonchev–Trinajstić information content (AvgIpc) is 3.17. The van der Waals surface area contributed by atoms with Crippen molar-refractivity contribution in [2.45, 2.75) is 13.5 Å². The van der Waals surface area contributed by atoms with Gasteiger partial charge in [0, 0.05) is 5.02 Å². The molecular weight excluding hydrogens is 435 g/mol. The van der Waals surface area contributed by atoms with Crippen LogP contribution >= 0.6 is 23.2 Å². The number of aromatic amines is 1. The van der Waals surface area contributed by atoms with E-state index in [0.29, 0.717) is 40.7 Å². The minimum absolute atomic E-state index is 0.345. The van der Waals surface area contributed by atoms with Crippen LogP contribution in [0, 0.1) is 0 Å². The van der Waals surface area contributed by atoms with Gasteiger partial charge in [-0.05, 0) is 54.4 Å². The van der Waals surface area contributed by atoms with Gasteiger partial charge in [0.1, 0.15) is 6.61 Å². The number of anilines is 1. The van der Waals surface area contributed by atoms with Crippen molar-refractivity contribution in [2.75, 3.05) is 12.0 Å². The number of rotatable bonds is 8. The van der Waals surface area contributed by atoms with E-state index in [4.69, 9.17) is 32.7 Å². The molecule has 0 amide bonds. The third-order valence-electron chi connectivity index (χ3n) is 4.40. The summed E-state index contributed by atoms with van der Waals surface area (Å²) in [4.78, 5) is 7.58. The summed E-state index contributed by atoms with van der Waals surface area (Å²) in [6.07, 6.45) is 1.64. The van der Waals surface area contributed by atoms with Gasteiger partial charge in [-0.15, -0.1) is 0 Å². The van der Waals surface area contributed by atoms with Crippen molar-refractivity contribution >= 4 is 46.4 Å². The molecule has 3 aromatic carbocycles. The van der Waals surface area contributed by atoms with Gasteiger partial charge in [0.2, 0.25) is 5.95 Å². The Bertz CT molecular complexity index is 1170. The molecule has 0 radical (unpaired) electrons. The number of aromatic nitrogens is 2. The van der Waals surface area contributed by atoms with E-state index < -0.39 is 0 Å². The molecule has 2 N–H and O–H groups in total. The number of fused-ring (bicyclic) bond motifs is 1. The second kappa shape index (κ2) is 9.73. The van der Waals surface area contributed by atoms with Crippen molar-refractivity contribution in [2.24, 2.45) is 5.10 Å². The van der Waals surface area contributed by atoms with Crippen LogP contribution in [0.2, 0.25) is 10.0 Å². The second-order valence-corrected chi connectivity index (χ2v) is 7.49. The molecule has 6 nitrogen and oxygen atoms in total. The van der Waals surface area contributed by atoms with Crippen molar-refractivity contribution in [3.63, 3.8) is 0 Å². The number of ether oxygens (including phenoxy) is 2. The minimum Gasteiger partial charge on any atom is -0.490 e. The summed E-state index contributed by atoms with van der Waals surface area (Å²) in [5.41, 5.74) is 6.43. The van der Waals surface area contributed by atoms with Crippen LogP contribution in [0.15, 0.2) is 65.8 Å². The predicted octanol–water partition coefficient (Wildman–Crippen LogP) is 6.29. The number of imidazole rings is 1. The molecule has 0 saturated heterocycles. The van der Waals surface area contributed by atoms with E-state index in [2.05, 4.69) is 20.5 Å². The summed E-state index contributed by atoms with van der Waals surface area (Å²) in [5.74, 6) is 1.59. The highest BCUT2D eigenvalue weighted by Gasteiger charge is 2.13. The van der Waals surface area contributed by atoms with Gasteiger partial charge >= 0.3 is 0 Å². The molecule has 1 heterocycles. The van der Waals surface area contributed by atoms with Gasteiger partial charge in [0.25, 0.3) is 0 Å². The fraction of sp³-hybridized carbons (Fsp3) is 0.130. The third-order valence-corrected chi connectivity index (χ3v) is 4.93. The lowest BCUT2D eigenvalue weighted by atomic mass is 10.2. The Morgan fingerprint density at radius 1 is 1.06 bits per heavy atom. The molecule has 158 valence electrons. The van der Waals surface area contributed by atoms with Gasteiger partial charge in [0.05, 0.1) is 28.9 Å². The SMILES string of the molecule is CCOc1cc(/C=N\Nc2nc3ccccc3[nH]2)cc(Cl)c1OCc1ccc(Cl)cc1. The number of hydrazone groups is 1. The smallest absolute Gasteiger partial charge is 0.222 e. The maximum absolute atomic E-state index is 6.48. The van der Waals surface area contributed by atoms with E-state index in [1.807, 2.05) is 61.5 Å². The van der Waals surface area contributed by atoms with Crippen LogP contribution in [-0.4, -0.2) is 22.8 Å². The number of nitrogens with zero attached hydrogens (tertiary/aromatic N) is 2. The molecule has 0 saturated carbocycles. The summed E-state index contributed by atoms with van der Waals surface area (Å²) in [7, 11) is 0. The quantitative estimate of drug-likeness (QED) is 0.242. The molecule has 0 aliphatic carbocycles. The molecule has 0 aliphatic rings. The standard InChI is InChI=1S/C23H20Cl2N4O2/c1-2-30-21-12-16(13-26-29-23-27-19-5-3-4-6-20(19)28-23)11-18(25)22(21)31-14-15-7-9-17(24)10-8-15/h3-13H,2,14H2,1H3,(H2,27,28,29)/b26-13-. The summed E-state index contributed by atoms with van der Waals surface area (Å²) in [5, 5.41) is 5.36. The summed E-state index contributed by atoms with van der Waals surface area (Å²) in [6.45, 7) is 2.73. The first-order chi connectivity index (χ1) is 15.1. The highest BCUT2D eigenvalue weighted by molar-refractivity contribution is 6.32. The van der Waals surface area contributed by atoms with E-state index in [-0.39, 0.29) is 0 Å². The third kappa shape index (κ3) is 5.29. The van der Waals surface area contributed by atoms with Gasteiger partial charge in [0.15, 0.2) is 11.5 Å². The van der Waals surface area contributed by atoms with Gasteiger partial charge in [-0.1, -0.05) is 47.5 Å². The molecule has 0 fully saturated rings. The van der Waals surface area contributed by atoms with Crippen molar-refractivity contribution < 1.29 is 9.47 Å². The maximum atomic E-state index is 6.48. The van der Waals surface area contributed by atoms with E-state index in [1.165, 1.54) is 0 Å². The van der Waals surface area contributed by atoms with Gasteiger partial charge < -0.3 is 14.5 Å². The Morgan fingerprint density at radius 2 is 1.87 bits per heavy atom.